The Balaban J connectivity index is 2.32. The lowest BCUT2D eigenvalue weighted by atomic mass is 9.99. The summed E-state index contributed by atoms with van der Waals surface area (Å²) in [5.74, 6) is 0.280. The van der Waals surface area contributed by atoms with Gasteiger partial charge >= 0.3 is 5.97 Å². The van der Waals surface area contributed by atoms with Crippen molar-refractivity contribution in [3.63, 3.8) is 0 Å². The summed E-state index contributed by atoms with van der Waals surface area (Å²) in [7, 11) is 0. The topological polar surface area (TPSA) is 44.8 Å². The summed E-state index contributed by atoms with van der Waals surface area (Å²) in [6, 6.07) is 6.93. The van der Waals surface area contributed by atoms with E-state index < -0.39 is 5.97 Å². The van der Waals surface area contributed by atoms with Crippen molar-refractivity contribution >= 4 is 5.97 Å². The second-order valence-electron chi connectivity index (χ2n) is 6.63. The fourth-order valence-electron chi connectivity index (χ4n) is 1.71. The van der Waals surface area contributed by atoms with E-state index in [0.717, 1.165) is 12.2 Å². The molecule has 0 aromatic heterocycles. The molecule has 0 N–H and O–H groups in total. The Morgan fingerprint density at radius 3 is 2.32 bits per heavy atom. The van der Waals surface area contributed by atoms with Gasteiger partial charge in [0.2, 0.25) is 0 Å². The monoisotopic (exact) mass is 308 g/mol. The largest absolute Gasteiger partial charge is 0.494 e. The minimum Gasteiger partial charge on any atom is -0.494 e. The molecule has 0 aliphatic rings. The molecule has 4 nitrogen and oxygen atoms in total. The molecule has 0 heterocycles. The standard InChI is InChI=1S/C18H28O4/c1-5-6-7-8-13-20-16-11-9-15(10-12-16)17(19)22-21-14-18(2,3)4/h9-12H,5-8,13-14H2,1-4H3. The lowest BCUT2D eigenvalue weighted by molar-refractivity contribution is -0.255. The molecule has 1 rings (SSSR count). The fraction of sp³-hybridized carbons (Fsp3) is 0.611. The van der Waals surface area contributed by atoms with Crippen molar-refractivity contribution in [1.82, 2.24) is 0 Å². The van der Waals surface area contributed by atoms with Crippen molar-refractivity contribution in [2.75, 3.05) is 13.2 Å². The molecule has 1 aromatic rings. The van der Waals surface area contributed by atoms with Crippen LogP contribution in [0.5, 0.6) is 5.75 Å². The van der Waals surface area contributed by atoms with Crippen LogP contribution in [-0.4, -0.2) is 19.2 Å². The van der Waals surface area contributed by atoms with Crippen molar-refractivity contribution < 1.29 is 19.3 Å². The lowest BCUT2D eigenvalue weighted by Gasteiger charge is -2.16. The van der Waals surface area contributed by atoms with E-state index >= 15 is 0 Å². The van der Waals surface area contributed by atoms with E-state index in [1.54, 1.807) is 24.3 Å². The van der Waals surface area contributed by atoms with Gasteiger partial charge in [0, 0.05) is 0 Å². The van der Waals surface area contributed by atoms with E-state index in [1.165, 1.54) is 19.3 Å². The maximum atomic E-state index is 11.8. The Hall–Kier alpha value is -1.55. The van der Waals surface area contributed by atoms with E-state index in [0.29, 0.717) is 18.8 Å². The Morgan fingerprint density at radius 1 is 1.05 bits per heavy atom. The Kier molecular flexibility index (Phi) is 7.96. The van der Waals surface area contributed by atoms with Gasteiger partial charge in [-0.05, 0) is 36.1 Å². The first-order valence-corrected chi connectivity index (χ1v) is 7.99. The average Bonchev–Trinajstić information content (AvgIpc) is 2.46. The molecule has 124 valence electrons. The van der Waals surface area contributed by atoms with Crippen LogP contribution in [0.3, 0.4) is 0 Å². The number of carbonyl (C=O) groups is 1. The minimum absolute atomic E-state index is 0.0459. The lowest BCUT2D eigenvalue weighted by Crippen LogP contribution is -2.17. The third-order valence-corrected chi connectivity index (χ3v) is 2.98. The first-order chi connectivity index (χ1) is 10.4. The molecule has 0 spiro atoms. The highest BCUT2D eigenvalue weighted by molar-refractivity contribution is 5.89. The van der Waals surface area contributed by atoms with Crippen molar-refractivity contribution in [3.8, 4) is 5.75 Å². The van der Waals surface area contributed by atoms with Crippen LogP contribution in [0.25, 0.3) is 0 Å². The molecule has 0 atom stereocenters. The Bertz CT molecular complexity index is 431. The molecule has 0 aliphatic carbocycles. The summed E-state index contributed by atoms with van der Waals surface area (Å²) in [5.41, 5.74) is 0.405. The zero-order valence-corrected chi connectivity index (χ0v) is 14.2. The van der Waals surface area contributed by atoms with Crippen LogP contribution in [0.4, 0.5) is 0 Å². The van der Waals surface area contributed by atoms with Crippen molar-refractivity contribution in [2.24, 2.45) is 5.41 Å². The van der Waals surface area contributed by atoms with Crippen LogP contribution in [0.1, 0.15) is 63.7 Å². The van der Waals surface area contributed by atoms with Gasteiger partial charge in [-0.15, -0.1) is 0 Å². The molecular formula is C18H28O4. The van der Waals surface area contributed by atoms with Gasteiger partial charge < -0.3 is 4.74 Å². The Morgan fingerprint density at radius 2 is 1.73 bits per heavy atom. The van der Waals surface area contributed by atoms with Crippen LogP contribution in [0.2, 0.25) is 0 Å². The molecule has 0 saturated carbocycles. The first-order valence-electron chi connectivity index (χ1n) is 7.99. The number of ether oxygens (including phenoxy) is 1. The van der Waals surface area contributed by atoms with Crippen molar-refractivity contribution in [3.05, 3.63) is 29.8 Å². The van der Waals surface area contributed by atoms with Crippen LogP contribution >= 0.6 is 0 Å². The average molecular weight is 308 g/mol. The molecule has 0 saturated heterocycles. The smallest absolute Gasteiger partial charge is 0.373 e. The maximum Gasteiger partial charge on any atom is 0.373 e. The quantitative estimate of drug-likeness (QED) is 0.374. The van der Waals surface area contributed by atoms with Gasteiger partial charge in [-0.3, -0.25) is 4.89 Å². The predicted molar refractivity (Wildman–Crippen MR) is 86.9 cm³/mol. The molecule has 0 amide bonds. The molecule has 0 aliphatic heterocycles. The van der Waals surface area contributed by atoms with Gasteiger partial charge in [0.1, 0.15) is 5.75 Å². The minimum atomic E-state index is -0.487. The SMILES string of the molecule is CCCCCCOc1ccc(C(=O)OOCC(C)(C)C)cc1. The zero-order valence-electron chi connectivity index (χ0n) is 14.2. The van der Waals surface area contributed by atoms with Gasteiger partial charge in [-0.2, -0.15) is 4.89 Å². The number of benzene rings is 1. The second kappa shape index (κ2) is 9.46. The molecule has 4 heteroatoms. The summed E-state index contributed by atoms with van der Waals surface area (Å²) >= 11 is 0. The third kappa shape index (κ3) is 8.03. The van der Waals surface area contributed by atoms with Crippen LogP contribution in [-0.2, 0) is 9.78 Å². The normalized spacial score (nSPS) is 11.3. The molecule has 0 fully saturated rings. The number of unbranched alkanes of at least 4 members (excludes halogenated alkanes) is 3. The van der Waals surface area contributed by atoms with E-state index in [2.05, 4.69) is 6.92 Å². The van der Waals surface area contributed by atoms with E-state index in [4.69, 9.17) is 14.5 Å². The van der Waals surface area contributed by atoms with Crippen LogP contribution in [0.15, 0.2) is 24.3 Å². The van der Waals surface area contributed by atoms with Crippen LogP contribution in [0, 0.1) is 5.41 Å². The summed E-state index contributed by atoms with van der Waals surface area (Å²) in [5, 5.41) is 0. The highest BCUT2D eigenvalue weighted by Crippen LogP contribution is 2.16. The summed E-state index contributed by atoms with van der Waals surface area (Å²) in [6.45, 7) is 9.27. The van der Waals surface area contributed by atoms with Gasteiger partial charge in [-0.1, -0.05) is 47.0 Å². The molecule has 0 radical (unpaired) electrons. The predicted octanol–water partition coefficient (Wildman–Crippen LogP) is 4.78. The summed E-state index contributed by atoms with van der Waals surface area (Å²) < 4.78 is 5.63. The number of hydrogen-bond donors (Lipinski definition) is 0. The summed E-state index contributed by atoms with van der Waals surface area (Å²) in [6.07, 6.45) is 4.70. The fourth-order valence-corrected chi connectivity index (χ4v) is 1.71. The molecule has 22 heavy (non-hydrogen) atoms. The third-order valence-electron chi connectivity index (χ3n) is 2.98. The van der Waals surface area contributed by atoms with Crippen molar-refractivity contribution in [1.29, 1.82) is 0 Å². The second-order valence-corrected chi connectivity index (χ2v) is 6.63. The highest BCUT2D eigenvalue weighted by Gasteiger charge is 2.14. The van der Waals surface area contributed by atoms with E-state index in [9.17, 15) is 4.79 Å². The Labute approximate surface area is 133 Å². The van der Waals surface area contributed by atoms with E-state index in [-0.39, 0.29) is 5.41 Å². The molecule has 0 bridgehead atoms. The molecule has 1 aromatic carbocycles. The van der Waals surface area contributed by atoms with Gasteiger partial charge in [0.25, 0.3) is 0 Å². The number of hydrogen-bond acceptors (Lipinski definition) is 4. The van der Waals surface area contributed by atoms with Gasteiger partial charge in [0.15, 0.2) is 0 Å². The van der Waals surface area contributed by atoms with E-state index in [1.807, 2.05) is 20.8 Å². The molecular weight excluding hydrogens is 280 g/mol. The number of carbonyl (C=O) groups excluding carboxylic acids is 1. The first kappa shape index (κ1) is 18.5. The van der Waals surface area contributed by atoms with Crippen molar-refractivity contribution in [2.45, 2.75) is 53.4 Å². The van der Waals surface area contributed by atoms with Gasteiger partial charge in [-0.25, -0.2) is 4.79 Å². The van der Waals surface area contributed by atoms with Crippen LogP contribution < -0.4 is 4.74 Å². The zero-order chi connectivity index (χ0) is 16.4. The maximum absolute atomic E-state index is 11.8. The highest BCUT2D eigenvalue weighted by atomic mass is 17.2. The summed E-state index contributed by atoms with van der Waals surface area (Å²) in [4.78, 5) is 21.5. The number of rotatable bonds is 9. The van der Waals surface area contributed by atoms with Gasteiger partial charge in [0.05, 0.1) is 18.8 Å². The molecule has 0 unspecified atom stereocenters.